The molecule has 1 aliphatic rings. The third kappa shape index (κ3) is 3.58. The van der Waals surface area contributed by atoms with Crippen LogP contribution in [0.5, 0.6) is 5.75 Å². The molecular weight excluding hydrogens is 241 g/mol. The predicted octanol–water partition coefficient (Wildman–Crippen LogP) is 3.20. The zero-order valence-electron chi connectivity index (χ0n) is 10.1. The van der Waals surface area contributed by atoms with Gasteiger partial charge in [-0.15, -0.1) is 0 Å². The number of benzene rings is 1. The molecule has 1 aromatic carbocycles. The molecule has 2 nitrogen and oxygen atoms in total. The van der Waals surface area contributed by atoms with Crippen LogP contribution in [0.4, 0.5) is 4.39 Å². The summed E-state index contributed by atoms with van der Waals surface area (Å²) in [7, 11) is 0. The average molecular weight is 258 g/mol. The summed E-state index contributed by atoms with van der Waals surface area (Å²) >= 11 is 5.67. The summed E-state index contributed by atoms with van der Waals surface area (Å²) in [6, 6.07) is 4.92. The molecule has 0 aromatic heterocycles. The first-order chi connectivity index (χ1) is 8.06. The normalized spacial score (nSPS) is 22.9. The smallest absolute Gasteiger partial charge is 0.166 e. The monoisotopic (exact) mass is 257 g/mol. The molecule has 1 saturated heterocycles. The summed E-state index contributed by atoms with van der Waals surface area (Å²) in [6.45, 7) is 7.06. The average Bonchev–Trinajstić information content (AvgIpc) is 2.94. The molecule has 2 atom stereocenters. The molecule has 0 spiro atoms. The van der Waals surface area contributed by atoms with Gasteiger partial charge < -0.3 is 4.74 Å². The van der Waals surface area contributed by atoms with Crippen LogP contribution in [-0.4, -0.2) is 30.6 Å². The Bertz CT molecular complexity index is 397. The zero-order chi connectivity index (χ0) is 12.4. The first-order valence-electron chi connectivity index (χ1n) is 5.88. The van der Waals surface area contributed by atoms with Crippen LogP contribution in [0.25, 0.3) is 0 Å². The lowest BCUT2D eigenvalue weighted by Gasteiger charge is -2.09. The quantitative estimate of drug-likeness (QED) is 0.751. The molecule has 2 unspecified atom stereocenters. The summed E-state index contributed by atoms with van der Waals surface area (Å²) in [4.78, 5) is 2.33. The maximum Gasteiger partial charge on any atom is 0.166 e. The minimum absolute atomic E-state index is 0.283. The van der Waals surface area contributed by atoms with Crippen molar-refractivity contribution >= 4 is 11.6 Å². The third-order valence-corrected chi connectivity index (χ3v) is 2.99. The molecule has 94 valence electrons. The molecule has 1 heterocycles. The number of hydrogen-bond acceptors (Lipinski definition) is 2. The molecule has 1 aliphatic heterocycles. The van der Waals surface area contributed by atoms with Crippen molar-refractivity contribution in [3.63, 3.8) is 0 Å². The first kappa shape index (κ1) is 12.7. The van der Waals surface area contributed by atoms with E-state index in [2.05, 4.69) is 18.7 Å². The second-order valence-corrected chi connectivity index (χ2v) is 5.32. The van der Waals surface area contributed by atoms with Crippen molar-refractivity contribution in [3.8, 4) is 5.75 Å². The fourth-order valence-corrected chi connectivity index (χ4v) is 2.01. The van der Waals surface area contributed by atoms with E-state index in [1.54, 1.807) is 12.1 Å². The lowest BCUT2D eigenvalue weighted by Crippen LogP contribution is -2.15. The van der Waals surface area contributed by atoms with Crippen LogP contribution in [0.3, 0.4) is 0 Å². The number of ether oxygens (including phenoxy) is 1. The van der Waals surface area contributed by atoms with E-state index in [0.29, 0.717) is 23.6 Å². The van der Waals surface area contributed by atoms with Gasteiger partial charge in [0.2, 0.25) is 0 Å². The standard InChI is InChI=1S/C13H17ClFNO/c1-9(2)6-16-7-11(16)8-17-13-4-3-10(14)5-12(13)15/h3-5,9,11H,6-8H2,1-2H3. The van der Waals surface area contributed by atoms with Gasteiger partial charge in [-0.1, -0.05) is 25.4 Å². The van der Waals surface area contributed by atoms with E-state index >= 15 is 0 Å². The molecule has 0 aliphatic carbocycles. The van der Waals surface area contributed by atoms with Crippen molar-refractivity contribution < 1.29 is 9.13 Å². The second-order valence-electron chi connectivity index (χ2n) is 4.89. The molecule has 2 rings (SSSR count). The van der Waals surface area contributed by atoms with Crippen LogP contribution in [0.15, 0.2) is 18.2 Å². The van der Waals surface area contributed by atoms with E-state index in [1.807, 2.05) is 0 Å². The minimum Gasteiger partial charge on any atom is -0.489 e. The third-order valence-electron chi connectivity index (χ3n) is 2.75. The van der Waals surface area contributed by atoms with Gasteiger partial charge in [-0.3, -0.25) is 4.90 Å². The molecule has 0 radical (unpaired) electrons. The van der Waals surface area contributed by atoms with Crippen LogP contribution in [0, 0.1) is 11.7 Å². The largest absolute Gasteiger partial charge is 0.489 e. The number of rotatable bonds is 5. The Morgan fingerprint density at radius 3 is 2.94 bits per heavy atom. The Morgan fingerprint density at radius 2 is 2.29 bits per heavy atom. The molecule has 0 saturated carbocycles. The van der Waals surface area contributed by atoms with Crippen LogP contribution in [0.1, 0.15) is 13.8 Å². The zero-order valence-corrected chi connectivity index (χ0v) is 10.9. The van der Waals surface area contributed by atoms with Crippen LogP contribution >= 0.6 is 11.6 Å². The summed E-state index contributed by atoms with van der Waals surface area (Å²) in [5, 5.41) is 0.391. The Morgan fingerprint density at radius 1 is 1.53 bits per heavy atom. The number of nitrogens with zero attached hydrogens (tertiary/aromatic N) is 1. The van der Waals surface area contributed by atoms with Gasteiger partial charge >= 0.3 is 0 Å². The first-order valence-corrected chi connectivity index (χ1v) is 6.26. The molecule has 1 aromatic rings. The van der Waals surface area contributed by atoms with Crippen LogP contribution < -0.4 is 4.74 Å². The summed E-state index contributed by atoms with van der Waals surface area (Å²) in [5.74, 6) is 0.548. The van der Waals surface area contributed by atoms with Gasteiger partial charge in [-0.05, 0) is 24.1 Å². The highest BCUT2D eigenvalue weighted by atomic mass is 35.5. The molecular formula is C13H17ClFNO. The van der Waals surface area contributed by atoms with Gasteiger partial charge in [-0.2, -0.15) is 0 Å². The number of halogens is 2. The van der Waals surface area contributed by atoms with E-state index in [0.717, 1.165) is 13.1 Å². The van der Waals surface area contributed by atoms with Gasteiger partial charge in [-0.25, -0.2) is 4.39 Å². The lowest BCUT2D eigenvalue weighted by atomic mass is 10.2. The van der Waals surface area contributed by atoms with E-state index in [1.165, 1.54) is 6.07 Å². The highest BCUT2D eigenvalue weighted by Crippen LogP contribution is 2.24. The van der Waals surface area contributed by atoms with E-state index in [4.69, 9.17) is 16.3 Å². The highest BCUT2D eigenvalue weighted by Gasteiger charge is 2.34. The van der Waals surface area contributed by atoms with Crippen LogP contribution in [-0.2, 0) is 0 Å². The SMILES string of the molecule is CC(C)CN1CC1COc1ccc(Cl)cc1F. The minimum atomic E-state index is -0.395. The summed E-state index contributed by atoms with van der Waals surface area (Å²) in [6.07, 6.45) is 0. The molecule has 4 heteroatoms. The maximum atomic E-state index is 13.4. The Balaban J connectivity index is 1.79. The molecule has 17 heavy (non-hydrogen) atoms. The van der Waals surface area contributed by atoms with E-state index in [-0.39, 0.29) is 5.75 Å². The predicted molar refractivity (Wildman–Crippen MR) is 67.1 cm³/mol. The lowest BCUT2D eigenvalue weighted by molar-refractivity contribution is 0.276. The van der Waals surface area contributed by atoms with E-state index < -0.39 is 5.82 Å². The fraction of sp³-hybridized carbons (Fsp3) is 0.538. The Hall–Kier alpha value is -0.800. The Labute approximate surface area is 106 Å². The topological polar surface area (TPSA) is 12.2 Å². The molecule has 0 N–H and O–H groups in total. The summed E-state index contributed by atoms with van der Waals surface area (Å²) < 4.78 is 18.9. The van der Waals surface area contributed by atoms with Crippen molar-refractivity contribution in [3.05, 3.63) is 29.0 Å². The molecule has 0 amide bonds. The molecule has 1 fully saturated rings. The second kappa shape index (κ2) is 5.23. The van der Waals surface area contributed by atoms with Gasteiger partial charge in [0.1, 0.15) is 6.61 Å². The van der Waals surface area contributed by atoms with Gasteiger partial charge in [0.05, 0.1) is 6.04 Å². The van der Waals surface area contributed by atoms with Gasteiger partial charge in [0.25, 0.3) is 0 Å². The van der Waals surface area contributed by atoms with Gasteiger partial charge in [0, 0.05) is 18.1 Å². The molecule has 0 bridgehead atoms. The van der Waals surface area contributed by atoms with Crippen molar-refractivity contribution in [2.24, 2.45) is 5.92 Å². The van der Waals surface area contributed by atoms with Crippen molar-refractivity contribution in [2.45, 2.75) is 19.9 Å². The van der Waals surface area contributed by atoms with Crippen molar-refractivity contribution in [1.29, 1.82) is 0 Å². The van der Waals surface area contributed by atoms with Crippen molar-refractivity contribution in [2.75, 3.05) is 19.7 Å². The van der Waals surface area contributed by atoms with E-state index in [9.17, 15) is 4.39 Å². The Kier molecular flexibility index (Phi) is 3.89. The number of hydrogen-bond donors (Lipinski definition) is 0. The highest BCUT2D eigenvalue weighted by molar-refractivity contribution is 6.30. The van der Waals surface area contributed by atoms with Crippen molar-refractivity contribution in [1.82, 2.24) is 4.90 Å². The maximum absolute atomic E-state index is 13.4. The van der Waals surface area contributed by atoms with Crippen LogP contribution in [0.2, 0.25) is 5.02 Å². The van der Waals surface area contributed by atoms with Gasteiger partial charge in [0.15, 0.2) is 11.6 Å². The summed E-state index contributed by atoms with van der Waals surface area (Å²) in [5.41, 5.74) is 0. The fourth-order valence-electron chi connectivity index (χ4n) is 1.85.